The maximum absolute atomic E-state index is 12.8. The molecule has 4 rings (SSSR count). The first-order valence-corrected chi connectivity index (χ1v) is 12.8. The van der Waals surface area contributed by atoms with E-state index in [9.17, 15) is 9.59 Å². The highest BCUT2D eigenvalue weighted by Gasteiger charge is 2.14. The van der Waals surface area contributed by atoms with E-state index in [1.807, 2.05) is 19.1 Å². The van der Waals surface area contributed by atoms with Gasteiger partial charge in [0.1, 0.15) is 18.1 Å². The summed E-state index contributed by atoms with van der Waals surface area (Å²) in [6.45, 7) is 2.70. The summed E-state index contributed by atoms with van der Waals surface area (Å²) in [4.78, 5) is 25.4. The average molecular weight is 559 g/mol. The zero-order chi connectivity index (χ0) is 28.3. The largest absolute Gasteiger partial charge is 0.494 e. The lowest BCUT2D eigenvalue weighted by molar-refractivity contribution is 0.0729. The van der Waals surface area contributed by atoms with Gasteiger partial charge in [-0.05, 0) is 84.8 Å². The fourth-order valence-corrected chi connectivity index (χ4v) is 3.73. The van der Waals surface area contributed by atoms with Crippen LogP contribution in [0.2, 0.25) is 5.02 Å². The second kappa shape index (κ2) is 13.8. The Hall–Kier alpha value is -4.82. The van der Waals surface area contributed by atoms with E-state index in [1.165, 1.54) is 13.3 Å². The van der Waals surface area contributed by atoms with Crippen molar-refractivity contribution in [2.75, 3.05) is 13.7 Å². The van der Waals surface area contributed by atoms with Gasteiger partial charge in [0, 0.05) is 5.02 Å². The Bertz CT molecular complexity index is 1490. The molecule has 4 aromatic rings. The Kier molecular flexibility index (Phi) is 9.74. The van der Waals surface area contributed by atoms with Gasteiger partial charge in [-0.2, -0.15) is 5.10 Å². The van der Waals surface area contributed by atoms with Crippen molar-refractivity contribution in [1.82, 2.24) is 5.43 Å². The van der Waals surface area contributed by atoms with Crippen LogP contribution in [0, 0.1) is 0 Å². The third-order valence-electron chi connectivity index (χ3n) is 5.61. The normalized spacial score (nSPS) is 10.7. The molecule has 0 saturated heterocycles. The number of halogens is 1. The summed E-state index contributed by atoms with van der Waals surface area (Å²) in [5.41, 5.74) is 4.75. The predicted molar refractivity (Wildman–Crippen MR) is 153 cm³/mol. The van der Waals surface area contributed by atoms with Gasteiger partial charge in [0.15, 0.2) is 11.5 Å². The Balaban J connectivity index is 1.37. The number of methoxy groups -OCH3 is 1. The van der Waals surface area contributed by atoms with Crippen LogP contribution in [0.1, 0.15) is 38.8 Å². The van der Waals surface area contributed by atoms with Crippen LogP contribution in [0.3, 0.4) is 0 Å². The van der Waals surface area contributed by atoms with Gasteiger partial charge in [0.25, 0.3) is 5.91 Å². The number of rotatable bonds is 11. The molecule has 8 nitrogen and oxygen atoms in total. The highest BCUT2D eigenvalue weighted by Crippen LogP contribution is 2.29. The smallest absolute Gasteiger partial charge is 0.343 e. The number of ether oxygens (including phenoxy) is 4. The first kappa shape index (κ1) is 28.2. The second-order valence-electron chi connectivity index (χ2n) is 8.37. The van der Waals surface area contributed by atoms with Crippen molar-refractivity contribution in [2.24, 2.45) is 5.10 Å². The van der Waals surface area contributed by atoms with Gasteiger partial charge in [0.05, 0.1) is 31.1 Å². The van der Waals surface area contributed by atoms with Crippen LogP contribution in [0.4, 0.5) is 0 Å². The summed E-state index contributed by atoms with van der Waals surface area (Å²) in [5, 5.41) is 4.69. The van der Waals surface area contributed by atoms with Gasteiger partial charge >= 0.3 is 5.97 Å². The van der Waals surface area contributed by atoms with Crippen LogP contribution in [0.25, 0.3) is 0 Å². The Morgan fingerprint density at radius 1 is 0.875 bits per heavy atom. The highest BCUT2D eigenvalue weighted by atomic mass is 35.5. The maximum Gasteiger partial charge on any atom is 0.343 e. The summed E-state index contributed by atoms with van der Waals surface area (Å²) in [5.74, 6) is 0.694. The van der Waals surface area contributed by atoms with Gasteiger partial charge in [-0.3, -0.25) is 4.79 Å². The zero-order valence-electron chi connectivity index (χ0n) is 21.9. The minimum Gasteiger partial charge on any atom is -0.494 e. The van der Waals surface area contributed by atoms with E-state index in [1.54, 1.807) is 78.9 Å². The van der Waals surface area contributed by atoms with E-state index < -0.39 is 11.9 Å². The van der Waals surface area contributed by atoms with Gasteiger partial charge in [-0.1, -0.05) is 35.9 Å². The van der Waals surface area contributed by atoms with Crippen LogP contribution < -0.4 is 24.4 Å². The Morgan fingerprint density at radius 2 is 1.62 bits per heavy atom. The molecular weight excluding hydrogens is 532 g/mol. The minimum absolute atomic E-state index is 0.245. The lowest BCUT2D eigenvalue weighted by Crippen LogP contribution is -2.18. The van der Waals surface area contributed by atoms with Crippen molar-refractivity contribution in [3.8, 4) is 23.0 Å². The van der Waals surface area contributed by atoms with Crippen LogP contribution in [-0.4, -0.2) is 31.8 Å². The fraction of sp³-hybridized carbons (Fsp3) is 0.129. The number of carbonyl (C=O) groups is 2. The Labute approximate surface area is 237 Å². The molecule has 0 aliphatic heterocycles. The number of nitrogens with zero attached hydrogens (tertiary/aromatic N) is 1. The first-order chi connectivity index (χ1) is 19.5. The molecule has 0 radical (unpaired) electrons. The average Bonchev–Trinajstić information content (AvgIpc) is 2.98. The molecule has 0 bridgehead atoms. The molecule has 0 aromatic heterocycles. The SMILES string of the molecule is CCOc1ccc(C(=O)Oc2ccc(C=NNC(=O)c3ccccc3OCc3ccc(Cl)cc3)cc2OC)cc1. The van der Waals surface area contributed by atoms with Crippen LogP contribution >= 0.6 is 11.6 Å². The predicted octanol–water partition coefficient (Wildman–Crippen LogP) is 6.31. The van der Waals surface area contributed by atoms with E-state index in [-0.39, 0.29) is 12.4 Å². The summed E-state index contributed by atoms with van der Waals surface area (Å²) in [7, 11) is 1.47. The van der Waals surface area contributed by atoms with E-state index in [4.69, 9.17) is 30.5 Å². The highest BCUT2D eigenvalue weighted by molar-refractivity contribution is 6.30. The molecule has 0 saturated carbocycles. The van der Waals surface area contributed by atoms with E-state index in [0.29, 0.717) is 45.6 Å². The number of amides is 1. The lowest BCUT2D eigenvalue weighted by Gasteiger charge is -2.11. The summed E-state index contributed by atoms with van der Waals surface area (Å²) < 4.78 is 22.1. The number of esters is 1. The number of benzene rings is 4. The fourth-order valence-electron chi connectivity index (χ4n) is 3.61. The van der Waals surface area contributed by atoms with Crippen molar-refractivity contribution in [1.29, 1.82) is 0 Å². The van der Waals surface area contributed by atoms with Gasteiger partial charge in [0.2, 0.25) is 0 Å². The third-order valence-corrected chi connectivity index (χ3v) is 5.86. The third kappa shape index (κ3) is 7.61. The van der Waals surface area contributed by atoms with Gasteiger partial charge in [-0.25, -0.2) is 10.2 Å². The van der Waals surface area contributed by atoms with E-state index in [0.717, 1.165) is 5.56 Å². The molecule has 40 heavy (non-hydrogen) atoms. The monoisotopic (exact) mass is 558 g/mol. The van der Waals surface area contributed by atoms with Crippen LogP contribution in [-0.2, 0) is 6.61 Å². The molecule has 0 atom stereocenters. The molecule has 1 N–H and O–H groups in total. The molecule has 1 amide bonds. The molecule has 0 fully saturated rings. The minimum atomic E-state index is -0.535. The van der Waals surface area contributed by atoms with Crippen molar-refractivity contribution < 1.29 is 28.5 Å². The van der Waals surface area contributed by atoms with Crippen LogP contribution in [0.15, 0.2) is 96.1 Å². The molecule has 0 heterocycles. The standard InChI is InChI=1S/C31H27ClN2O6/c1-3-38-25-15-11-23(12-16-25)31(36)40-28-17-10-22(18-29(28)37-2)19-33-34-30(35)26-6-4-5-7-27(26)39-20-21-8-13-24(32)14-9-21/h4-19H,3,20H2,1-2H3,(H,34,35). The molecule has 9 heteroatoms. The summed E-state index contributed by atoms with van der Waals surface area (Å²) in [6.07, 6.45) is 1.45. The van der Waals surface area contributed by atoms with Crippen molar-refractivity contribution in [3.05, 3.63) is 118 Å². The molecule has 204 valence electrons. The number of para-hydroxylation sites is 1. The number of hydrogen-bond acceptors (Lipinski definition) is 7. The Morgan fingerprint density at radius 3 is 2.35 bits per heavy atom. The number of hydrogen-bond donors (Lipinski definition) is 1. The topological polar surface area (TPSA) is 95.5 Å². The molecule has 0 aliphatic carbocycles. The van der Waals surface area contributed by atoms with E-state index >= 15 is 0 Å². The van der Waals surface area contributed by atoms with E-state index in [2.05, 4.69) is 10.5 Å². The molecule has 0 aliphatic rings. The van der Waals surface area contributed by atoms with Gasteiger partial charge < -0.3 is 18.9 Å². The zero-order valence-corrected chi connectivity index (χ0v) is 22.7. The summed E-state index contributed by atoms with van der Waals surface area (Å²) in [6, 6.07) is 25.7. The lowest BCUT2D eigenvalue weighted by atomic mass is 10.2. The quantitative estimate of drug-likeness (QED) is 0.100. The molecule has 4 aromatic carbocycles. The number of nitrogens with one attached hydrogen (secondary N) is 1. The van der Waals surface area contributed by atoms with Crippen molar-refractivity contribution in [3.63, 3.8) is 0 Å². The molecular formula is C31H27ClN2O6. The maximum atomic E-state index is 12.8. The van der Waals surface area contributed by atoms with Gasteiger partial charge in [-0.15, -0.1) is 0 Å². The van der Waals surface area contributed by atoms with Crippen molar-refractivity contribution in [2.45, 2.75) is 13.5 Å². The molecule has 0 unspecified atom stereocenters. The number of carbonyl (C=O) groups excluding carboxylic acids is 2. The summed E-state index contributed by atoms with van der Waals surface area (Å²) >= 11 is 5.93. The number of hydrazone groups is 1. The van der Waals surface area contributed by atoms with Crippen LogP contribution in [0.5, 0.6) is 23.0 Å². The first-order valence-electron chi connectivity index (χ1n) is 12.4. The second-order valence-corrected chi connectivity index (χ2v) is 8.80. The van der Waals surface area contributed by atoms with Crippen molar-refractivity contribution >= 4 is 29.7 Å². The molecule has 0 spiro atoms.